The molecule has 12 rings (SSSR count). The minimum Gasteiger partial charge on any atom is -0.309 e. The largest absolute Gasteiger partial charge is 0.309 e. The highest BCUT2D eigenvalue weighted by atomic mass is 28.3. The SMILES string of the molecule is c1ccc(-c2cccc([Si](c3ccccc3)(c3ccccc3)c3ccc(-n4c5ccccc5c5c(-n6c7ccccc7c7cccc(C8CCCCC8)c76)cccc54)cc3)c2)cc1. The molecular formula is C60H48N2Si. The molecule has 302 valence electrons. The predicted molar refractivity (Wildman–Crippen MR) is 270 cm³/mol. The molecule has 1 aliphatic carbocycles. The Labute approximate surface area is 370 Å². The van der Waals surface area contributed by atoms with Crippen molar-refractivity contribution in [3.05, 3.63) is 230 Å². The summed E-state index contributed by atoms with van der Waals surface area (Å²) in [5, 5.41) is 10.7. The monoisotopic (exact) mass is 824 g/mol. The predicted octanol–water partition coefficient (Wildman–Crippen LogP) is 13.0. The van der Waals surface area contributed by atoms with E-state index in [1.54, 1.807) is 0 Å². The Hall–Kier alpha value is -7.20. The molecule has 0 saturated heterocycles. The van der Waals surface area contributed by atoms with Gasteiger partial charge < -0.3 is 9.13 Å². The van der Waals surface area contributed by atoms with Gasteiger partial charge in [-0.2, -0.15) is 0 Å². The molecule has 11 aromatic rings. The number of aromatic nitrogens is 2. The molecule has 1 aliphatic rings. The fourth-order valence-corrected chi connectivity index (χ4v) is 16.1. The molecule has 1 saturated carbocycles. The molecule has 0 atom stereocenters. The van der Waals surface area contributed by atoms with E-state index in [0.29, 0.717) is 5.92 Å². The van der Waals surface area contributed by atoms with Gasteiger partial charge in [-0.05, 0) is 92.6 Å². The summed E-state index contributed by atoms with van der Waals surface area (Å²) in [7, 11) is -2.81. The molecule has 2 aromatic heterocycles. The maximum absolute atomic E-state index is 2.81. The van der Waals surface area contributed by atoms with Crippen LogP contribution in [0, 0.1) is 0 Å². The van der Waals surface area contributed by atoms with Crippen LogP contribution in [0.2, 0.25) is 0 Å². The van der Waals surface area contributed by atoms with Gasteiger partial charge in [0.25, 0.3) is 0 Å². The highest BCUT2D eigenvalue weighted by Crippen LogP contribution is 2.44. The van der Waals surface area contributed by atoms with Crippen molar-refractivity contribution in [2.24, 2.45) is 0 Å². The maximum atomic E-state index is 2.61. The van der Waals surface area contributed by atoms with Crippen LogP contribution in [-0.2, 0) is 0 Å². The van der Waals surface area contributed by atoms with Crippen LogP contribution in [0.25, 0.3) is 66.1 Å². The molecule has 2 nitrogen and oxygen atoms in total. The van der Waals surface area contributed by atoms with Crippen molar-refractivity contribution in [3.8, 4) is 22.5 Å². The summed E-state index contributed by atoms with van der Waals surface area (Å²) in [5.74, 6) is 0.577. The number of benzene rings is 9. The molecule has 0 radical (unpaired) electrons. The summed E-state index contributed by atoms with van der Waals surface area (Å²) in [6, 6.07) is 84.4. The highest BCUT2D eigenvalue weighted by Gasteiger charge is 2.41. The van der Waals surface area contributed by atoms with Gasteiger partial charge in [-0.3, -0.25) is 0 Å². The topological polar surface area (TPSA) is 9.86 Å². The average Bonchev–Trinajstić information content (AvgIpc) is 3.89. The number of hydrogen-bond donors (Lipinski definition) is 0. The van der Waals surface area contributed by atoms with E-state index in [4.69, 9.17) is 0 Å². The molecule has 0 amide bonds. The summed E-state index contributed by atoms with van der Waals surface area (Å²) in [5.41, 5.74) is 11.4. The van der Waals surface area contributed by atoms with Crippen molar-refractivity contribution in [2.45, 2.75) is 38.0 Å². The summed E-state index contributed by atoms with van der Waals surface area (Å²) < 4.78 is 5.11. The lowest BCUT2D eigenvalue weighted by atomic mass is 9.83. The summed E-state index contributed by atoms with van der Waals surface area (Å²) >= 11 is 0. The van der Waals surface area contributed by atoms with Gasteiger partial charge >= 0.3 is 0 Å². The van der Waals surface area contributed by atoms with E-state index >= 15 is 0 Å². The molecule has 0 unspecified atom stereocenters. The van der Waals surface area contributed by atoms with Crippen LogP contribution >= 0.6 is 0 Å². The van der Waals surface area contributed by atoms with Crippen LogP contribution in [0.4, 0.5) is 0 Å². The second-order valence-corrected chi connectivity index (χ2v) is 21.2. The number of hydrogen-bond acceptors (Lipinski definition) is 0. The third-order valence-corrected chi connectivity index (χ3v) is 18.8. The molecule has 3 heteroatoms. The molecular weight excluding hydrogens is 777 g/mol. The maximum Gasteiger partial charge on any atom is 0.179 e. The van der Waals surface area contributed by atoms with E-state index in [1.807, 2.05) is 0 Å². The Morgan fingerprint density at radius 3 is 1.60 bits per heavy atom. The Balaban J connectivity index is 1.08. The normalized spacial score (nSPS) is 13.7. The fraction of sp³-hybridized carbons (Fsp3) is 0.100. The number of fused-ring (bicyclic) bond motifs is 6. The Morgan fingerprint density at radius 1 is 0.365 bits per heavy atom. The zero-order valence-electron chi connectivity index (χ0n) is 35.4. The number of para-hydroxylation sites is 3. The Kier molecular flexibility index (Phi) is 9.30. The highest BCUT2D eigenvalue weighted by molar-refractivity contribution is 7.19. The van der Waals surface area contributed by atoms with Gasteiger partial charge in [0, 0.05) is 27.2 Å². The van der Waals surface area contributed by atoms with E-state index in [2.05, 4.69) is 234 Å². The molecule has 0 N–H and O–H groups in total. The lowest BCUT2D eigenvalue weighted by Crippen LogP contribution is -2.74. The molecule has 63 heavy (non-hydrogen) atoms. The molecule has 2 heterocycles. The number of rotatable bonds is 8. The minimum absolute atomic E-state index is 0.577. The van der Waals surface area contributed by atoms with Crippen molar-refractivity contribution in [3.63, 3.8) is 0 Å². The van der Waals surface area contributed by atoms with Crippen molar-refractivity contribution >= 4 is 72.4 Å². The van der Waals surface area contributed by atoms with Gasteiger partial charge in [-0.15, -0.1) is 0 Å². The smallest absolute Gasteiger partial charge is 0.179 e. The average molecular weight is 825 g/mol. The summed E-state index contributed by atoms with van der Waals surface area (Å²) in [6.45, 7) is 0. The van der Waals surface area contributed by atoms with Crippen LogP contribution in [0.15, 0.2) is 224 Å². The minimum atomic E-state index is -2.81. The summed E-state index contributed by atoms with van der Waals surface area (Å²) in [4.78, 5) is 0. The van der Waals surface area contributed by atoms with E-state index in [9.17, 15) is 0 Å². The van der Waals surface area contributed by atoms with Crippen LogP contribution in [0.1, 0.15) is 43.6 Å². The van der Waals surface area contributed by atoms with Crippen molar-refractivity contribution in [2.75, 3.05) is 0 Å². The Morgan fingerprint density at radius 2 is 0.889 bits per heavy atom. The van der Waals surface area contributed by atoms with Gasteiger partial charge in [-0.1, -0.05) is 207 Å². The van der Waals surface area contributed by atoms with Crippen LogP contribution in [0.5, 0.6) is 0 Å². The quantitative estimate of drug-likeness (QED) is 0.107. The molecule has 0 bridgehead atoms. The zero-order chi connectivity index (χ0) is 41.7. The van der Waals surface area contributed by atoms with Gasteiger partial charge in [0.15, 0.2) is 8.07 Å². The van der Waals surface area contributed by atoms with Crippen LogP contribution in [0.3, 0.4) is 0 Å². The van der Waals surface area contributed by atoms with E-state index < -0.39 is 8.07 Å². The summed E-state index contributed by atoms with van der Waals surface area (Å²) in [6.07, 6.45) is 6.49. The third-order valence-electron chi connectivity index (χ3n) is 14.1. The Bertz CT molecular complexity index is 3370. The first-order valence-electron chi connectivity index (χ1n) is 22.7. The fourth-order valence-electron chi connectivity index (χ4n) is 11.3. The van der Waals surface area contributed by atoms with Crippen molar-refractivity contribution in [1.29, 1.82) is 0 Å². The van der Waals surface area contributed by atoms with Gasteiger partial charge in [0.1, 0.15) is 0 Å². The third kappa shape index (κ3) is 6.06. The van der Waals surface area contributed by atoms with Crippen LogP contribution < -0.4 is 20.7 Å². The first kappa shape index (κ1) is 37.5. The lowest BCUT2D eigenvalue weighted by molar-refractivity contribution is 0.445. The van der Waals surface area contributed by atoms with E-state index in [-0.39, 0.29) is 0 Å². The number of nitrogens with zero attached hydrogens (tertiary/aromatic N) is 2. The zero-order valence-corrected chi connectivity index (χ0v) is 36.4. The second-order valence-electron chi connectivity index (χ2n) is 17.4. The van der Waals surface area contributed by atoms with Crippen molar-refractivity contribution < 1.29 is 0 Å². The van der Waals surface area contributed by atoms with Crippen LogP contribution in [-0.4, -0.2) is 17.2 Å². The van der Waals surface area contributed by atoms with E-state index in [0.717, 1.165) is 5.69 Å². The van der Waals surface area contributed by atoms with Gasteiger partial charge in [0.2, 0.25) is 0 Å². The molecule has 1 fully saturated rings. The van der Waals surface area contributed by atoms with Gasteiger partial charge in [0.05, 0.1) is 27.8 Å². The molecule has 9 aromatic carbocycles. The lowest BCUT2D eigenvalue weighted by Gasteiger charge is -2.35. The first-order valence-corrected chi connectivity index (χ1v) is 24.7. The standard InChI is InChI=1S/C60H48N2Si/c1-5-20-43(21-6-1)45-24-17-29-50(42-45)63(47-25-9-3-10-26-47,48-27-11-4-12-28-48)49-40-38-46(39-41-49)61-56-35-16-14-31-54(56)59-57(61)36-19-37-58(59)62-55-34-15-13-30-52(55)53-33-18-32-51(60(53)62)44-22-7-2-8-23-44/h1,3-6,9-21,24-42,44H,2,7-8,22-23H2. The van der Waals surface area contributed by atoms with E-state index in [1.165, 1.54) is 119 Å². The molecule has 0 aliphatic heterocycles. The van der Waals surface area contributed by atoms with Gasteiger partial charge in [-0.25, -0.2) is 0 Å². The first-order chi connectivity index (χ1) is 31.3. The van der Waals surface area contributed by atoms with Crippen molar-refractivity contribution in [1.82, 2.24) is 9.13 Å². The second kappa shape index (κ2) is 15.6. The molecule has 0 spiro atoms.